The summed E-state index contributed by atoms with van der Waals surface area (Å²) < 4.78 is 5.77. The van der Waals surface area contributed by atoms with Gasteiger partial charge in [-0.2, -0.15) is 0 Å². The molecule has 0 amide bonds. The van der Waals surface area contributed by atoms with Crippen LogP contribution >= 0.6 is 0 Å². The highest BCUT2D eigenvalue weighted by molar-refractivity contribution is 5.78. The minimum Gasteiger partial charge on any atom is -0.508 e. The molecule has 1 aromatic heterocycles. The quantitative estimate of drug-likeness (QED) is 0.782. The number of benzene rings is 2. The lowest BCUT2D eigenvalue weighted by molar-refractivity contribution is 0.302. The van der Waals surface area contributed by atoms with Gasteiger partial charge in [-0.3, -0.25) is 4.98 Å². The van der Waals surface area contributed by atoms with E-state index in [1.54, 1.807) is 18.3 Å². The first-order valence-electron chi connectivity index (χ1n) is 6.49. The van der Waals surface area contributed by atoms with Gasteiger partial charge in [-0.1, -0.05) is 18.2 Å². The third-order valence-corrected chi connectivity index (χ3v) is 3.32. The summed E-state index contributed by atoms with van der Waals surface area (Å²) >= 11 is 0. The van der Waals surface area contributed by atoms with Gasteiger partial charge in [-0.05, 0) is 42.8 Å². The van der Waals surface area contributed by atoms with E-state index in [2.05, 4.69) is 11.1 Å². The van der Waals surface area contributed by atoms with Gasteiger partial charge >= 0.3 is 0 Å². The van der Waals surface area contributed by atoms with Crippen LogP contribution in [-0.4, -0.2) is 10.1 Å². The van der Waals surface area contributed by atoms with Crippen molar-refractivity contribution in [1.82, 2.24) is 4.98 Å². The van der Waals surface area contributed by atoms with Crippen molar-refractivity contribution in [2.45, 2.75) is 13.5 Å². The number of pyridine rings is 1. The van der Waals surface area contributed by atoms with E-state index in [-0.39, 0.29) is 5.75 Å². The summed E-state index contributed by atoms with van der Waals surface area (Å²) in [4.78, 5) is 4.29. The number of ether oxygens (including phenoxy) is 1. The number of nitrogens with zero attached hydrogens (tertiary/aromatic N) is 1. The van der Waals surface area contributed by atoms with Crippen molar-refractivity contribution in [3.05, 3.63) is 65.9 Å². The smallest absolute Gasteiger partial charge is 0.126 e. The number of phenols is 1. The van der Waals surface area contributed by atoms with E-state index in [0.29, 0.717) is 12.4 Å². The van der Waals surface area contributed by atoms with Crippen molar-refractivity contribution in [2.24, 2.45) is 0 Å². The fourth-order valence-corrected chi connectivity index (χ4v) is 2.14. The molecule has 0 aliphatic rings. The van der Waals surface area contributed by atoms with Crippen LogP contribution < -0.4 is 4.74 Å². The lowest BCUT2D eigenvalue weighted by atomic mass is 10.1. The normalized spacial score (nSPS) is 10.7. The second-order valence-corrected chi connectivity index (χ2v) is 4.72. The molecule has 0 unspecified atom stereocenters. The topological polar surface area (TPSA) is 42.4 Å². The minimum atomic E-state index is 0.255. The van der Waals surface area contributed by atoms with Crippen LogP contribution in [0.5, 0.6) is 11.5 Å². The number of phenolic OH excluding ortho intramolecular Hbond substituents is 1. The van der Waals surface area contributed by atoms with E-state index in [0.717, 1.165) is 22.0 Å². The fourth-order valence-electron chi connectivity index (χ4n) is 2.14. The molecule has 3 rings (SSSR count). The molecule has 1 heterocycles. The van der Waals surface area contributed by atoms with Crippen LogP contribution in [-0.2, 0) is 6.61 Å². The SMILES string of the molecule is Cc1c(O)cccc1OCc1ccc2ncccc2c1. The van der Waals surface area contributed by atoms with E-state index in [9.17, 15) is 5.11 Å². The second-order valence-electron chi connectivity index (χ2n) is 4.72. The van der Waals surface area contributed by atoms with Crippen molar-refractivity contribution in [3.63, 3.8) is 0 Å². The van der Waals surface area contributed by atoms with Gasteiger partial charge in [0.1, 0.15) is 18.1 Å². The Hall–Kier alpha value is -2.55. The molecular formula is C17H15NO2. The fraction of sp³-hybridized carbons (Fsp3) is 0.118. The van der Waals surface area contributed by atoms with Gasteiger partial charge in [0.25, 0.3) is 0 Å². The molecule has 100 valence electrons. The van der Waals surface area contributed by atoms with Crippen LogP contribution in [0.3, 0.4) is 0 Å². The van der Waals surface area contributed by atoms with Crippen molar-refractivity contribution < 1.29 is 9.84 Å². The van der Waals surface area contributed by atoms with Gasteiger partial charge < -0.3 is 9.84 Å². The summed E-state index contributed by atoms with van der Waals surface area (Å²) in [5.74, 6) is 0.960. The number of hydrogen-bond acceptors (Lipinski definition) is 3. The number of aromatic hydroxyl groups is 1. The Morgan fingerprint density at radius 3 is 2.90 bits per heavy atom. The van der Waals surface area contributed by atoms with Crippen LogP contribution in [0, 0.1) is 6.92 Å². The average Bonchev–Trinajstić information content (AvgIpc) is 2.48. The largest absolute Gasteiger partial charge is 0.508 e. The summed E-state index contributed by atoms with van der Waals surface area (Å²) in [7, 11) is 0. The molecule has 0 saturated carbocycles. The number of aromatic nitrogens is 1. The molecule has 0 atom stereocenters. The highest BCUT2D eigenvalue weighted by atomic mass is 16.5. The summed E-state index contributed by atoms with van der Waals surface area (Å²) in [5, 5.41) is 10.7. The maximum atomic E-state index is 9.65. The van der Waals surface area contributed by atoms with Gasteiger partial charge in [0.2, 0.25) is 0 Å². The van der Waals surface area contributed by atoms with Crippen molar-refractivity contribution in [3.8, 4) is 11.5 Å². The van der Waals surface area contributed by atoms with E-state index in [4.69, 9.17) is 4.74 Å². The second kappa shape index (κ2) is 5.21. The first-order chi connectivity index (χ1) is 9.74. The predicted octanol–water partition coefficient (Wildman–Crippen LogP) is 3.83. The molecule has 3 heteroatoms. The van der Waals surface area contributed by atoms with Crippen LogP contribution in [0.25, 0.3) is 10.9 Å². The van der Waals surface area contributed by atoms with Crippen LogP contribution in [0.1, 0.15) is 11.1 Å². The molecule has 0 fully saturated rings. The molecule has 0 saturated heterocycles. The van der Waals surface area contributed by atoms with Crippen LogP contribution in [0.15, 0.2) is 54.7 Å². The number of fused-ring (bicyclic) bond motifs is 1. The minimum absolute atomic E-state index is 0.255. The van der Waals surface area contributed by atoms with Gasteiger partial charge in [0, 0.05) is 17.1 Å². The van der Waals surface area contributed by atoms with Gasteiger partial charge in [0.05, 0.1) is 5.52 Å². The molecule has 20 heavy (non-hydrogen) atoms. The molecule has 0 bridgehead atoms. The zero-order chi connectivity index (χ0) is 13.9. The summed E-state index contributed by atoms with van der Waals surface area (Å²) in [5.41, 5.74) is 2.81. The lowest BCUT2D eigenvalue weighted by Gasteiger charge is -2.10. The van der Waals surface area contributed by atoms with E-state index in [1.165, 1.54) is 0 Å². The Bertz CT molecular complexity index is 753. The molecule has 3 aromatic rings. The van der Waals surface area contributed by atoms with Gasteiger partial charge in [-0.25, -0.2) is 0 Å². The Morgan fingerprint density at radius 2 is 2.00 bits per heavy atom. The summed E-state index contributed by atoms with van der Waals surface area (Å²) in [6, 6.07) is 15.3. The first kappa shape index (κ1) is 12.5. The molecule has 1 N–H and O–H groups in total. The Kier molecular flexibility index (Phi) is 3.25. The van der Waals surface area contributed by atoms with Gasteiger partial charge in [-0.15, -0.1) is 0 Å². The molecular weight excluding hydrogens is 250 g/mol. The molecule has 0 aliphatic carbocycles. The molecule has 0 aliphatic heterocycles. The molecule has 3 nitrogen and oxygen atoms in total. The maximum absolute atomic E-state index is 9.65. The first-order valence-corrected chi connectivity index (χ1v) is 6.49. The maximum Gasteiger partial charge on any atom is 0.126 e. The Balaban J connectivity index is 1.81. The van der Waals surface area contributed by atoms with Crippen LogP contribution in [0.2, 0.25) is 0 Å². The molecule has 0 spiro atoms. The lowest BCUT2D eigenvalue weighted by Crippen LogP contribution is -1.97. The standard InChI is InChI=1S/C17H15NO2/c1-12-16(19)5-2-6-17(12)20-11-13-7-8-15-14(10-13)4-3-9-18-15/h2-10,19H,11H2,1H3. The van der Waals surface area contributed by atoms with Crippen molar-refractivity contribution in [2.75, 3.05) is 0 Å². The van der Waals surface area contributed by atoms with Gasteiger partial charge in [0.15, 0.2) is 0 Å². The third-order valence-electron chi connectivity index (χ3n) is 3.32. The Morgan fingerprint density at radius 1 is 1.10 bits per heavy atom. The number of hydrogen-bond donors (Lipinski definition) is 1. The third kappa shape index (κ3) is 2.43. The molecule has 0 radical (unpaired) electrons. The van der Waals surface area contributed by atoms with Crippen molar-refractivity contribution in [1.29, 1.82) is 0 Å². The highest BCUT2D eigenvalue weighted by Gasteiger charge is 2.04. The number of rotatable bonds is 3. The molecule has 2 aromatic carbocycles. The summed E-state index contributed by atoms with van der Waals surface area (Å²) in [6.07, 6.45) is 1.79. The average molecular weight is 265 g/mol. The Labute approximate surface area is 117 Å². The van der Waals surface area contributed by atoms with Crippen LogP contribution in [0.4, 0.5) is 0 Å². The van der Waals surface area contributed by atoms with E-state index >= 15 is 0 Å². The monoisotopic (exact) mass is 265 g/mol. The zero-order valence-corrected chi connectivity index (χ0v) is 11.2. The van der Waals surface area contributed by atoms with E-state index < -0.39 is 0 Å². The predicted molar refractivity (Wildman–Crippen MR) is 78.9 cm³/mol. The highest BCUT2D eigenvalue weighted by Crippen LogP contribution is 2.26. The zero-order valence-electron chi connectivity index (χ0n) is 11.2. The van der Waals surface area contributed by atoms with Crippen molar-refractivity contribution >= 4 is 10.9 Å². The van der Waals surface area contributed by atoms with E-state index in [1.807, 2.05) is 37.3 Å². The summed E-state index contributed by atoms with van der Waals surface area (Å²) in [6.45, 7) is 2.31.